The first-order chi connectivity index (χ1) is 10.3. The fourth-order valence-corrected chi connectivity index (χ4v) is 1.96. The zero-order chi connectivity index (χ0) is 14.9. The van der Waals surface area contributed by atoms with Crippen molar-refractivity contribution in [1.29, 1.82) is 0 Å². The number of hydrogen-bond donors (Lipinski definition) is 0. The molecule has 0 bridgehead atoms. The third kappa shape index (κ3) is 5.38. The van der Waals surface area contributed by atoms with Crippen molar-refractivity contribution in [3.63, 3.8) is 0 Å². The van der Waals surface area contributed by atoms with Gasteiger partial charge in [-0.3, -0.25) is 0 Å². The van der Waals surface area contributed by atoms with Crippen molar-refractivity contribution in [1.82, 2.24) is 0 Å². The number of rotatable bonds is 8. The van der Waals surface area contributed by atoms with Crippen molar-refractivity contribution in [2.24, 2.45) is 0 Å². The Labute approximate surface area is 126 Å². The normalized spacial score (nSPS) is 10.2. The maximum absolute atomic E-state index is 5.69. The minimum atomic E-state index is 0.626. The molecule has 2 aromatic carbocycles. The molecule has 0 amide bonds. The molecule has 0 N–H and O–H groups in total. The quantitative estimate of drug-likeness (QED) is 0.679. The molecule has 0 aromatic heterocycles. The minimum absolute atomic E-state index is 0.626. The molecule has 0 radical (unpaired) electrons. The molecule has 0 saturated heterocycles. The second-order valence-corrected chi connectivity index (χ2v) is 4.77. The first-order valence-electron chi connectivity index (χ1n) is 7.33. The second kappa shape index (κ2) is 8.20. The van der Waals surface area contributed by atoms with Gasteiger partial charge in [0.2, 0.25) is 0 Å². The monoisotopic (exact) mass is 286 g/mol. The van der Waals surface area contributed by atoms with Gasteiger partial charge in [-0.2, -0.15) is 0 Å². The largest absolute Gasteiger partial charge is 0.494 e. The molecule has 3 heteroatoms. The van der Waals surface area contributed by atoms with Crippen molar-refractivity contribution < 1.29 is 14.2 Å². The summed E-state index contributed by atoms with van der Waals surface area (Å²) in [4.78, 5) is 0. The van der Waals surface area contributed by atoms with E-state index in [9.17, 15) is 0 Å². The molecule has 0 heterocycles. The maximum Gasteiger partial charge on any atom is 0.122 e. The Balaban J connectivity index is 1.69. The molecule has 2 rings (SSSR count). The average molecular weight is 286 g/mol. The molecule has 0 aliphatic carbocycles. The van der Waals surface area contributed by atoms with E-state index in [4.69, 9.17) is 14.2 Å². The molecule has 0 aliphatic rings. The predicted octanol–water partition coefficient (Wildman–Crippen LogP) is 4.24. The van der Waals surface area contributed by atoms with Crippen LogP contribution in [0, 0.1) is 6.92 Å². The molecule has 21 heavy (non-hydrogen) atoms. The van der Waals surface area contributed by atoms with Gasteiger partial charge in [-0.25, -0.2) is 0 Å². The Morgan fingerprint density at radius 2 is 1.33 bits per heavy atom. The van der Waals surface area contributed by atoms with Crippen molar-refractivity contribution in [2.75, 3.05) is 19.8 Å². The highest BCUT2D eigenvalue weighted by atomic mass is 16.5. The average Bonchev–Trinajstić information content (AvgIpc) is 2.48. The minimum Gasteiger partial charge on any atom is -0.494 e. The fraction of sp³-hybridized carbons (Fsp3) is 0.333. The van der Waals surface area contributed by atoms with Crippen LogP contribution in [0.4, 0.5) is 0 Å². The Bertz CT molecular complexity index is 552. The van der Waals surface area contributed by atoms with Crippen LogP contribution in [0.15, 0.2) is 48.5 Å². The Kier molecular flexibility index (Phi) is 5.95. The predicted molar refractivity (Wildman–Crippen MR) is 84.4 cm³/mol. The highest BCUT2D eigenvalue weighted by Crippen LogP contribution is 2.19. The molecule has 3 nitrogen and oxygen atoms in total. The highest BCUT2D eigenvalue weighted by Gasteiger charge is 1.98. The van der Waals surface area contributed by atoms with Gasteiger partial charge in [-0.15, -0.1) is 0 Å². The van der Waals surface area contributed by atoms with Gasteiger partial charge >= 0.3 is 0 Å². The lowest BCUT2D eigenvalue weighted by Crippen LogP contribution is -2.05. The molecule has 0 fully saturated rings. The number of ether oxygens (including phenoxy) is 3. The van der Waals surface area contributed by atoms with Crippen LogP contribution >= 0.6 is 0 Å². The Morgan fingerprint density at radius 3 is 1.95 bits per heavy atom. The third-order valence-electron chi connectivity index (χ3n) is 2.93. The van der Waals surface area contributed by atoms with Crippen LogP contribution in [0.25, 0.3) is 0 Å². The van der Waals surface area contributed by atoms with Crippen molar-refractivity contribution in [3.05, 3.63) is 54.1 Å². The molecule has 2 aromatic rings. The lowest BCUT2D eigenvalue weighted by Gasteiger charge is -2.09. The van der Waals surface area contributed by atoms with Gasteiger partial charge in [-0.1, -0.05) is 18.2 Å². The molecule has 112 valence electrons. The summed E-state index contributed by atoms with van der Waals surface area (Å²) in [6.07, 6.45) is 0.840. The van der Waals surface area contributed by atoms with Gasteiger partial charge in [0.15, 0.2) is 0 Å². The summed E-state index contributed by atoms with van der Waals surface area (Å²) in [6, 6.07) is 15.8. The molecular weight excluding hydrogens is 264 g/mol. The van der Waals surface area contributed by atoms with E-state index in [2.05, 4.69) is 13.0 Å². The third-order valence-corrected chi connectivity index (χ3v) is 2.93. The first-order valence-corrected chi connectivity index (χ1v) is 7.33. The smallest absolute Gasteiger partial charge is 0.122 e. The van der Waals surface area contributed by atoms with Crippen molar-refractivity contribution >= 4 is 0 Å². The SMILES string of the molecule is CCOc1cccc(OCCCOc2cccc(C)c2)c1. The van der Waals surface area contributed by atoms with Crippen LogP contribution < -0.4 is 14.2 Å². The number of hydrogen-bond acceptors (Lipinski definition) is 3. The Morgan fingerprint density at radius 1 is 0.762 bits per heavy atom. The van der Waals surface area contributed by atoms with E-state index in [1.165, 1.54) is 5.56 Å². The van der Waals surface area contributed by atoms with Gasteiger partial charge in [0.05, 0.1) is 19.8 Å². The van der Waals surface area contributed by atoms with E-state index in [0.29, 0.717) is 19.8 Å². The molecule has 0 aliphatic heterocycles. The van der Waals surface area contributed by atoms with Crippen molar-refractivity contribution in [3.8, 4) is 17.2 Å². The van der Waals surface area contributed by atoms with Crippen LogP contribution in [0.5, 0.6) is 17.2 Å². The molecule has 0 unspecified atom stereocenters. The molecule has 0 spiro atoms. The van der Waals surface area contributed by atoms with E-state index in [0.717, 1.165) is 23.7 Å². The van der Waals surface area contributed by atoms with E-state index < -0.39 is 0 Å². The number of benzene rings is 2. The lowest BCUT2D eigenvalue weighted by atomic mass is 10.2. The summed E-state index contributed by atoms with van der Waals surface area (Å²) in [5.74, 6) is 2.58. The van der Waals surface area contributed by atoms with Gasteiger partial charge < -0.3 is 14.2 Å². The van der Waals surface area contributed by atoms with E-state index in [1.807, 2.05) is 49.4 Å². The summed E-state index contributed by atoms with van der Waals surface area (Å²) in [5, 5.41) is 0. The lowest BCUT2D eigenvalue weighted by molar-refractivity contribution is 0.246. The second-order valence-electron chi connectivity index (χ2n) is 4.77. The van der Waals surface area contributed by atoms with E-state index >= 15 is 0 Å². The van der Waals surface area contributed by atoms with Crippen LogP contribution in [-0.4, -0.2) is 19.8 Å². The van der Waals surface area contributed by atoms with Crippen LogP contribution in [0.1, 0.15) is 18.9 Å². The van der Waals surface area contributed by atoms with Gasteiger partial charge in [-0.05, 0) is 43.7 Å². The van der Waals surface area contributed by atoms with Gasteiger partial charge in [0.25, 0.3) is 0 Å². The number of aryl methyl sites for hydroxylation is 1. The van der Waals surface area contributed by atoms with Crippen LogP contribution in [-0.2, 0) is 0 Å². The fourth-order valence-electron chi connectivity index (χ4n) is 1.96. The van der Waals surface area contributed by atoms with Gasteiger partial charge in [0, 0.05) is 12.5 Å². The zero-order valence-electron chi connectivity index (χ0n) is 12.7. The summed E-state index contributed by atoms with van der Waals surface area (Å²) < 4.78 is 16.8. The standard InChI is InChI=1S/C18H22O3/c1-3-19-17-9-5-10-18(14-17)21-12-6-11-20-16-8-4-7-15(2)13-16/h4-5,7-10,13-14H,3,6,11-12H2,1-2H3. The summed E-state index contributed by atoms with van der Waals surface area (Å²) in [6.45, 7) is 5.96. The first kappa shape index (κ1) is 15.2. The van der Waals surface area contributed by atoms with Crippen LogP contribution in [0.2, 0.25) is 0 Å². The molecular formula is C18H22O3. The molecule has 0 atom stereocenters. The molecule has 0 saturated carbocycles. The summed E-state index contributed by atoms with van der Waals surface area (Å²) >= 11 is 0. The van der Waals surface area contributed by atoms with Gasteiger partial charge in [0.1, 0.15) is 17.2 Å². The topological polar surface area (TPSA) is 27.7 Å². The Hall–Kier alpha value is -2.16. The van der Waals surface area contributed by atoms with E-state index in [-0.39, 0.29) is 0 Å². The zero-order valence-corrected chi connectivity index (χ0v) is 12.7. The maximum atomic E-state index is 5.69. The summed E-state index contributed by atoms with van der Waals surface area (Å²) in [5.41, 5.74) is 1.21. The van der Waals surface area contributed by atoms with E-state index in [1.54, 1.807) is 0 Å². The highest BCUT2D eigenvalue weighted by molar-refractivity contribution is 5.32. The van der Waals surface area contributed by atoms with Crippen molar-refractivity contribution in [2.45, 2.75) is 20.3 Å². The van der Waals surface area contributed by atoms with Crippen LogP contribution in [0.3, 0.4) is 0 Å². The summed E-state index contributed by atoms with van der Waals surface area (Å²) in [7, 11) is 0.